The highest BCUT2D eigenvalue weighted by molar-refractivity contribution is 6.01. The Balaban J connectivity index is 1.96. The van der Waals surface area contributed by atoms with Gasteiger partial charge in [0.1, 0.15) is 12.0 Å². The van der Waals surface area contributed by atoms with Gasteiger partial charge in [-0.05, 0) is 42.3 Å². The van der Waals surface area contributed by atoms with Gasteiger partial charge in [0, 0.05) is 11.8 Å². The number of fused-ring (bicyclic) bond motifs is 1. The lowest BCUT2D eigenvalue weighted by Gasteiger charge is -2.13. The predicted octanol–water partition coefficient (Wildman–Crippen LogP) is 4.07. The van der Waals surface area contributed by atoms with Crippen molar-refractivity contribution in [2.75, 3.05) is 0 Å². The summed E-state index contributed by atoms with van der Waals surface area (Å²) in [4.78, 5) is 19.4. The minimum Gasteiger partial charge on any atom is -0.366 e. The molecule has 0 fully saturated rings. The second-order valence-corrected chi connectivity index (χ2v) is 6.51. The van der Waals surface area contributed by atoms with Crippen LogP contribution in [0, 0.1) is 0 Å². The molecule has 4 rings (SSSR count). The molecule has 3 aromatic heterocycles. The molecule has 6 nitrogen and oxygen atoms in total. The minimum atomic E-state index is -4.51. The number of primary amides is 1. The standard InChI is InChI=1S/C20H16F3N5O/c1-2-11-5-6-12(20(21,22)23)8-13(11)17-14(19(24)29)9-15(27-17)18-16-4-3-7-28(16)26-10-25-18/h3-10,27H,2H2,1H3,(H2,24,29). The van der Waals surface area contributed by atoms with E-state index in [0.29, 0.717) is 28.9 Å². The molecule has 0 saturated carbocycles. The Morgan fingerprint density at radius 2 is 2.03 bits per heavy atom. The maximum atomic E-state index is 13.3. The maximum Gasteiger partial charge on any atom is 0.416 e. The molecule has 1 amide bonds. The quantitative estimate of drug-likeness (QED) is 0.542. The largest absolute Gasteiger partial charge is 0.416 e. The van der Waals surface area contributed by atoms with Gasteiger partial charge in [-0.1, -0.05) is 13.0 Å². The molecule has 0 unspecified atom stereocenters. The number of rotatable bonds is 4. The Hall–Kier alpha value is -3.62. The van der Waals surface area contributed by atoms with Crippen molar-refractivity contribution in [1.82, 2.24) is 19.6 Å². The van der Waals surface area contributed by atoms with Crippen molar-refractivity contribution < 1.29 is 18.0 Å². The van der Waals surface area contributed by atoms with E-state index in [1.54, 1.807) is 22.8 Å². The van der Waals surface area contributed by atoms with Crippen LogP contribution >= 0.6 is 0 Å². The SMILES string of the molecule is CCc1ccc(C(F)(F)F)cc1-c1[nH]c(-c2ncnn3cccc23)cc1C(N)=O. The van der Waals surface area contributed by atoms with Crippen LogP contribution in [0.25, 0.3) is 28.2 Å². The number of amides is 1. The number of aromatic amines is 1. The van der Waals surface area contributed by atoms with Gasteiger partial charge in [-0.2, -0.15) is 18.3 Å². The minimum absolute atomic E-state index is 0.0948. The first-order chi connectivity index (χ1) is 13.8. The van der Waals surface area contributed by atoms with Gasteiger partial charge in [0.2, 0.25) is 0 Å². The highest BCUT2D eigenvalue weighted by Crippen LogP contribution is 2.36. The number of aryl methyl sites for hydroxylation is 1. The number of hydrogen-bond acceptors (Lipinski definition) is 3. The summed E-state index contributed by atoms with van der Waals surface area (Å²) in [6.07, 6.45) is -0.930. The Bertz CT molecular complexity index is 1220. The van der Waals surface area contributed by atoms with Gasteiger partial charge in [0.05, 0.1) is 28.0 Å². The van der Waals surface area contributed by atoms with Crippen LogP contribution < -0.4 is 5.73 Å². The van der Waals surface area contributed by atoms with Gasteiger partial charge in [0.15, 0.2) is 0 Å². The van der Waals surface area contributed by atoms with E-state index in [0.717, 1.165) is 12.1 Å². The van der Waals surface area contributed by atoms with E-state index < -0.39 is 17.6 Å². The molecule has 0 saturated heterocycles. The van der Waals surface area contributed by atoms with Crippen LogP contribution in [0.2, 0.25) is 0 Å². The number of H-pyrrole nitrogens is 1. The zero-order valence-corrected chi connectivity index (χ0v) is 15.3. The van der Waals surface area contributed by atoms with Crippen LogP contribution in [0.3, 0.4) is 0 Å². The third kappa shape index (κ3) is 3.24. The van der Waals surface area contributed by atoms with Crippen molar-refractivity contribution in [3.8, 4) is 22.6 Å². The molecule has 0 aliphatic rings. The number of carbonyl (C=O) groups is 1. The van der Waals surface area contributed by atoms with Crippen LogP contribution in [-0.4, -0.2) is 25.5 Å². The van der Waals surface area contributed by atoms with E-state index in [4.69, 9.17) is 5.73 Å². The van der Waals surface area contributed by atoms with Crippen LogP contribution in [0.4, 0.5) is 13.2 Å². The van der Waals surface area contributed by atoms with Crippen LogP contribution in [0.1, 0.15) is 28.4 Å². The fraction of sp³-hybridized carbons (Fsp3) is 0.150. The smallest absolute Gasteiger partial charge is 0.366 e. The summed E-state index contributed by atoms with van der Waals surface area (Å²) in [7, 11) is 0. The number of alkyl halides is 3. The molecule has 1 aromatic carbocycles. The summed E-state index contributed by atoms with van der Waals surface area (Å²) in [6.45, 7) is 1.83. The monoisotopic (exact) mass is 399 g/mol. The Labute approximate surface area is 163 Å². The van der Waals surface area contributed by atoms with E-state index >= 15 is 0 Å². The molecule has 0 aliphatic carbocycles. The summed E-state index contributed by atoms with van der Waals surface area (Å²) >= 11 is 0. The third-order valence-corrected chi connectivity index (χ3v) is 4.76. The Kier molecular flexibility index (Phi) is 4.37. The predicted molar refractivity (Wildman–Crippen MR) is 101 cm³/mol. The molecule has 29 heavy (non-hydrogen) atoms. The highest BCUT2D eigenvalue weighted by atomic mass is 19.4. The van der Waals surface area contributed by atoms with Gasteiger partial charge in [0.25, 0.3) is 5.91 Å². The number of carbonyl (C=O) groups excluding carboxylic acids is 1. The van der Waals surface area contributed by atoms with Crippen LogP contribution in [0.5, 0.6) is 0 Å². The zero-order valence-electron chi connectivity index (χ0n) is 15.3. The second kappa shape index (κ2) is 6.77. The van der Waals surface area contributed by atoms with E-state index in [1.807, 2.05) is 6.92 Å². The molecule has 0 atom stereocenters. The molecule has 4 aromatic rings. The summed E-state index contributed by atoms with van der Waals surface area (Å²) in [5, 5.41) is 4.09. The second-order valence-electron chi connectivity index (χ2n) is 6.51. The number of halogens is 3. The van der Waals surface area contributed by atoms with Crippen molar-refractivity contribution in [1.29, 1.82) is 0 Å². The first-order valence-corrected chi connectivity index (χ1v) is 8.81. The molecule has 148 valence electrons. The Morgan fingerprint density at radius 3 is 2.72 bits per heavy atom. The average molecular weight is 399 g/mol. The zero-order chi connectivity index (χ0) is 20.8. The lowest BCUT2D eigenvalue weighted by atomic mass is 9.97. The van der Waals surface area contributed by atoms with Crippen molar-refractivity contribution in [3.63, 3.8) is 0 Å². The first-order valence-electron chi connectivity index (χ1n) is 8.81. The average Bonchev–Trinajstić information content (AvgIpc) is 3.33. The van der Waals surface area contributed by atoms with Gasteiger partial charge in [-0.15, -0.1) is 0 Å². The number of nitrogens with one attached hydrogen (secondary N) is 1. The van der Waals surface area contributed by atoms with E-state index in [9.17, 15) is 18.0 Å². The van der Waals surface area contributed by atoms with Gasteiger partial charge >= 0.3 is 6.18 Å². The first kappa shape index (κ1) is 18.7. The summed E-state index contributed by atoms with van der Waals surface area (Å²) in [5.41, 5.74) is 7.64. The van der Waals surface area contributed by atoms with E-state index in [1.165, 1.54) is 18.5 Å². The Morgan fingerprint density at radius 1 is 1.24 bits per heavy atom. The number of hydrogen-bond donors (Lipinski definition) is 2. The summed E-state index contributed by atoms with van der Waals surface area (Å²) in [6, 6.07) is 8.57. The van der Waals surface area contributed by atoms with Crippen molar-refractivity contribution in [2.24, 2.45) is 5.73 Å². The van der Waals surface area contributed by atoms with Crippen LogP contribution in [0.15, 0.2) is 48.9 Å². The van der Waals surface area contributed by atoms with E-state index in [-0.39, 0.29) is 16.8 Å². The number of aromatic nitrogens is 4. The fourth-order valence-corrected chi connectivity index (χ4v) is 3.36. The maximum absolute atomic E-state index is 13.3. The molecule has 9 heteroatoms. The van der Waals surface area contributed by atoms with Gasteiger partial charge in [-0.3, -0.25) is 4.79 Å². The molecule has 0 aliphatic heterocycles. The van der Waals surface area contributed by atoms with Crippen molar-refractivity contribution >= 4 is 11.4 Å². The number of benzene rings is 1. The lowest BCUT2D eigenvalue weighted by molar-refractivity contribution is -0.137. The molecule has 3 heterocycles. The van der Waals surface area contributed by atoms with Crippen molar-refractivity contribution in [3.05, 3.63) is 65.6 Å². The van der Waals surface area contributed by atoms with Gasteiger partial charge in [-0.25, -0.2) is 9.50 Å². The molecule has 0 radical (unpaired) electrons. The molecule has 0 bridgehead atoms. The number of nitrogens with two attached hydrogens (primary N) is 1. The molecule has 3 N–H and O–H groups in total. The van der Waals surface area contributed by atoms with Crippen LogP contribution in [-0.2, 0) is 12.6 Å². The molecular weight excluding hydrogens is 383 g/mol. The number of nitrogens with zero attached hydrogens (tertiary/aromatic N) is 3. The lowest BCUT2D eigenvalue weighted by Crippen LogP contribution is -2.12. The molecule has 0 spiro atoms. The normalized spacial score (nSPS) is 11.9. The van der Waals surface area contributed by atoms with Crippen molar-refractivity contribution in [2.45, 2.75) is 19.5 Å². The van der Waals surface area contributed by atoms with Gasteiger partial charge < -0.3 is 10.7 Å². The topological polar surface area (TPSA) is 89.1 Å². The summed E-state index contributed by atoms with van der Waals surface area (Å²) < 4.78 is 41.4. The summed E-state index contributed by atoms with van der Waals surface area (Å²) in [5.74, 6) is -0.748. The fourth-order valence-electron chi connectivity index (χ4n) is 3.36. The third-order valence-electron chi connectivity index (χ3n) is 4.76. The highest BCUT2D eigenvalue weighted by Gasteiger charge is 2.31. The molecular formula is C20H16F3N5O. The van der Waals surface area contributed by atoms with E-state index in [2.05, 4.69) is 15.1 Å².